The Bertz CT molecular complexity index is 1210. The molecule has 6 heteroatoms. The molecule has 0 saturated heterocycles. The minimum atomic E-state index is -0.254. The van der Waals surface area contributed by atoms with Crippen LogP contribution in [-0.4, -0.2) is 20.9 Å². The van der Waals surface area contributed by atoms with Crippen molar-refractivity contribution in [1.29, 1.82) is 0 Å². The van der Waals surface area contributed by atoms with Gasteiger partial charge in [-0.3, -0.25) is 9.59 Å². The zero-order valence-electron chi connectivity index (χ0n) is 15.3. The minimum Gasteiger partial charge on any atom is -0.346 e. The second-order valence-electron chi connectivity index (χ2n) is 6.52. The Morgan fingerprint density at radius 1 is 1.07 bits per heavy atom. The quantitative estimate of drug-likeness (QED) is 0.577. The number of aromatic amines is 1. The number of aromatic nitrogens is 3. The van der Waals surface area contributed by atoms with Crippen LogP contribution in [0.25, 0.3) is 22.2 Å². The number of benzene rings is 2. The summed E-state index contributed by atoms with van der Waals surface area (Å²) in [7, 11) is 0. The summed E-state index contributed by atoms with van der Waals surface area (Å²) in [5, 5.41) is 3.61. The van der Waals surface area contributed by atoms with Crippen LogP contribution in [0.5, 0.6) is 0 Å². The van der Waals surface area contributed by atoms with Crippen LogP contribution in [0.3, 0.4) is 0 Å². The molecule has 2 N–H and O–H groups in total. The Kier molecular flexibility index (Phi) is 4.68. The third-order valence-electron chi connectivity index (χ3n) is 4.47. The molecule has 0 radical (unpaired) electrons. The molecule has 4 aromatic rings. The molecule has 6 nitrogen and oxygen atoms in total. The highest BCUT2D eigenvalue weighted by molar-refractivity contribution is 6.07. The van der Waals surface area contributed by atoms with E-state index in [2.05, 4.69) is 15.3 Å². The van der Waals surface area contributed by atoms with Crippen molar-refractivity contribution in [2.75, 3.05) is 0 Å². The van der Waals surface area contributed by atoms with E-state index in [1.165, 1.54) is 12.4 Å². The van der Waals surface area contributed by atoms with Gasteiger partial charge in [-0.1, -0.05) is 48.0 Å². The molecule has 2 heterocycles. The highest BCUT2D eigenvalue weighted by Crippen LogP contribution is 2.25. The number of carbonyl (C=O) groups is 1. The summed E-state index contributed by atoms with van der Waals surface area (Å²) in [6, 6.07) is 18.7. The van der Waals surface area contributed by atoms with Gasteiger partial charge in [0.25, 0.3) is 11.5 Å². The predicted octanol–water partition coefficient (Wildman–Crippen LogP) is 3.22. The topological polar surface area (TPSA) is 87.7 Å². The number of nitrogens with one attached hydrogen (secondary N) is 2. The van der Waals surface area contributed by atoms with Crippen LogP contribution in [0.1, 0.15) is 21.6 Å². The van der Waals surface area contributed by atoms with Gasteiger partial charge in [0, 0.05) is 17.0 Å². The standard InChI is InChI=1S/C22H18N4O2/c1-14-6-8-15(9-7-14)20-11-18(17-4-2-3-5-19(17)26-20)22(28)23-12-16-10-21(27)25-13-24-16/h2-11,13H,12H2,1H3,(H,23,28)(H,24,25,27). The fourth-order valence-corrected chi connectivity index (χ4v) is 3.01. The second-order valence-corrected chi connectivity index (χ2v) is 6.52. The highest BCUT2D eigenvalue weighted by Gasteiger charge is 2.14. The van der Waals surface area contributed by atoms with Gasteiger partial charge in [-0.05, 0) is 19.1 Å². The molecule has 0 aliphatic carbocycles. The number of carbonyl (C=O) groups excluding carboxylic acids is 1. The normalized spacial score (nSPS) is 10.8. The van der Waals surface area contributed by atoms with E-state index in [9.17, 15) is 9.59 Å². The Balaban J connectivity index is 1.71. The number of rotatable bonds is 4. The van der Waals surface area contributed by atoms with Gasteiger partial charge in [-0.25, -0.2) is 9.97 Å². The maximum atomic E-state index is 12.9. The Labute approximate surface area is 161 Å². The van der Waals surface area contributed by atoms with Gasteiger partial charge in [-0.15, -0.1) is 0 Å². The van der Waals surface area contributed by atoms with E-state index in [0.717, 1.165) is 27.7 Å². The predicted molar refractivity (Wildman–Crippen MR) is 108 cm³/mol. The summed E-state index contributed by atoms with van der Waals surface area (Å²) in [6.45, 7) is 2.19. The van der Waals surface area contributed by atoms with Gasteiger partial charge >= 0.3 is 0 Å². The molecule has 0 unspecified atom stereocenters. The van der Waals surface area contributed by atoms with Crippen LogP contribution in [0.2, 0.25) is 0 Å². The van der Waals surface area contributed by atoms with Crippen molar-refractivity contribution in [2.45, 2.75) is 13.5 Å². The van der Waals surface area contributed by atoms with E-state index >= 15 is 0 Å². The van der Waals surface area contributed by atoms with E-state index in [4.69, 9.17) is 4.98 Å². The number of pyridine rings is 1. The lowest BCUT2D eigenvalue weighted by atomic mass is 10.0. The summed E-state index contributed by atoms with van der Waals surface area (Å²) >= 11 is 0. The number of aryl methyl sites for hydroxylation is 1. The molecule has 28 heavy (non-hydrogen) atoms. The summed E-state index contributed by atoms with van der Waals surface area (Å²) in [5.74, 6) is -0.242. The number of hydrogen-bond acceptors (Lipinski definition) is 4. The maximum absolute atomic E-state index is 12.9. The van der Waals surface area contributed by atoms with Crippen LogP contribution in [0.15, 0.2) is 71.8 Å². The third-order valence-corrected chi connectivity index (χ3v) is 4.47. The van der Waals surface area contributed by atoms with Gasteiger partial charge in [0.2, 0.25) is 0 Å². The summed E-state index contributed by atoms with van der Waals surface area (Å²) < 4.78 is 0. The first-order valence-electron chi connectivity index (χ1n) is 8.89. The van der Waals surface area contributed by atoms with Gasteiger partial charge in [-0.2, -0.15) is 0 Å². The lowest BCUT2D eigenvalue weighted by Gasteiger charge is -2.11. The Morgan fingerprint density at radius 3 is 2.64 bits per heavy atom. The van der Waals surface area contributed by atoms with Crippen molar-refractivity contribution < 1.29 is 4.79 Å². The second kappa shape index (κ2) is 7.44. The van der Waals surface area contributed by atoms with Crippen molar-refractivity contribution in [3.8, 4) is 11.3 Å². The number of amides is 1. The number of para-hydroxylation sites is 1. The molecule has 0 saturated carbocycles. The first-order valence-corrected chi connectivity index (χ1v) is 8.89. The Morgan fingerprint density at radius 2 is 1.86 bits per heavy atom. The largest absolute Gasteiger partial charge is 0.346 e. The smallest absolute Gasteiger partial charge is 0.252 e. The van der Waals surface area contributed by atoms with Crippen molar-refractivity contribution in [3.63, 3.8) is 0 Å². The molecule has 0 bridgehead atoms. The molecule has 0 fully saturated rings. The molecule has 4 rings (SSSR count). The van der Waals surface area contributed by atoms with E-state index in [1.807, 2.05) is 55.5 Å². The maximum Gasteiger partial charge on any atom is 0.252 e. The molecule has 0 atom stereocenters. The molecule has 0 aliphatic heterocycles. The molecule has 0 spiro atoms. The van der Waals surface area contributed by atoms with E-state index < -0.39 is 0 Å². The molecule has 2 aromatic heterocycles. The average molecular weight is 370 g/mol. The van der Waals surface area contributed by atoms with E-state index in [1.54, 1.807) is 6.07 Å². The molecule has 2 aromatic carbocycles. The average Bonchev–Trinajstić information content (AvgIpc) is 2.72. The van der Waals surface area contributed by atoms with Gasteiger partial charge in [0.15, 0.2) is 0 Å². The number of hydrogen-bond donors (Lipinski definition) is 2. The van der Waals surface area contributed by atoms with Crippen LogP contribution < -0.4 is 10.9 Å². The minimum absolute atomic E-state index is 0.166. The van der Waals surface area contributed by atoms with Crippen molar-refractivity contribution in [3.05, 3.63) is 94.2 Å². The lowest BCUT2D eigenvalue weighted by molar-refractivity contribution is 0.0952. The lowest BCUT2D eigenvalue weighted by Crippen LogP contribution is -2.24. The van der Waals surface area contributed by atoms with Crippen LogP contribution in [-0.2, 0) is 6.54 Å². The SMILES string of the molecule is Cc1ccc(-c2cc(C(=O)NCc3cc(=O)[nH]cn3)c3ccccc3n2)cc1. The van der Waals surface area contributed by atoms with Gasteiger partial charge in [0.1, 0.15) is 0 Å². The van der Waals surface area contributed by atoms with Crippen molar-refractivity contribution in [1.82, 2.24) is 20.3 Å². The van der Waals surface area contributed by atoms with E-state index in [-0.39, 0.29) is 18.0 Å². The zero-order chi connectivity index (χ0) is 19.5. The van der Waals surface area contributed by atoms with Crippen LogP contribution in [0.4, 0.5) is 0 Å². The molecule has 138 valence electrons. The number of H-pyrrole nitrogens is 1. The monoisotopic (exact) mass is 370 g/mol. The number of nitrogens with zero attached hydrogens (tertiary/aromatic N) is 2. The fourth-order valence-electron chi connectivity index (χ4n) is 3.01. The third kappa shape index (κ3) is 3.66. The zero-order valence-corrected chi connectivity index (χ0v) is 15.3. The van der Waals surface area contributed by atoms with Gasteiger partial charge in [0.05, 0.1) is 35.3 Å². The summed E-state index contributed by atoms with van der Waals surface area (Å²) in [6.07, 6.45) is 1.32. The van der Waals surface area contributed by atoms with Crippen molar-refractivity contribution in [2.24, 2.45) is 0 Å². The molecular formula is C22H18N4O2. The fraction of sp³-hybridized carbons (Fsp3) is 0.0909. The molecule has 1 amide bonds. The first kappa shape index (κ1) is 17.6. The first-order chi connectivity index (χ1) is 13.6. The molecular weight excluding hydrogens is 352 g/mol. The molecule has 0 aliphatic rings. The highest BCUT2D eigenvalue weighted by atomic mass is 16.1. The van der Waals surface area contributed by atoms with Gasteiger partial charge < -0.3 is 10.3 Å². The van der Waals surface area contributed by atoms with E-state index in [0.29, 0.717) is 11.3 Å². The van der Waals surface area contributed by atoms with Crippen LogP contribution in [0, 0.1) is 6.92 Å². The summed E-state index contributed by atoms with van der Waals surface area (Å²) in [5.41, 5.74) is 4.36. The number of fused-ring (bicyclic) bond motifs is 1. The van der Waals surface area contributed by atoms with Crippen LogP contribution >= 0.6 is 0 Å². The summed E-state index contributed by atoms with van der Waals surface area (Å²) in [4.78, 5) is 35.5. The Hall–Kier alpha value is -3.80. The van der Waals surface area contributed by atoms with Crippen molar-refractivity contribution >= 4 is 16.8 Å².